The third kappa shape index (κ3) is 4.57. The Morgan fingerprint density at radius 2 is 1.31 bits per heavy atom. The van der Waals surface area contributed by atoms with Crippen molar-refractivity contribution >= 4 is 17.0 Å². The van der Waals surface area contributed by atoms with Crippen LogP contribution in [-0.4, -0.2) is 38.5 Å². The zero-order chi connectivity index (χ0) is 22.7. The highest BCUT2D eigenvalue weighted by Gasteiger charge is 2.13. The largest absolute Gasteiger partial charge is 0.872 e. The van der Waals surface area contributed by atoms with Crippen molar-refractivity contribution in [3.05, 3.63) is 114 Å². The van der Waals surface area contributed by atoms with E-state index in [2.05, 4.69) is 111 Å². The Morgan fingerprint density at radius 3 is 1.84 bits per heavy atom. The van der Waals surface area contributed by atoms with Gasteiger partial charge in [0.1, 0.15) is 14.1 Å². The number of nitrogens with zero attached hydrogens (tertiary/aromatic N) is 2. The zero-order valence-electron chi connectivity index (χ0n) is 19.0. The normalized spacial score (nSPS) is 12.8. The van der Waals surface area contributed by atoms with E-state index in [0.717, 1.165) is 16.7 Å². The average Bonchev–Trinajstić information content (AvgIpc) is 2.80. The van der Waals surface area contributed by atoms with Gasteiger partial charge in [0.15, 0.2) is 5.71 Å². The van der Waals surface area contributed by atoms with Crippen molar-refractivity contribution in [3.63, 3.8) is 0 Å². The predicted octanol–water partition coefficient (Wildman–Crippen LogP) is 5.13. The predicted molar refractivity (Wildman–Crippen MR) is 134 cm³/mol. The Morgan fingerprint density at radius 1 is 0.719 bits per heavy atom. The molecule has 3 aromatic carbocycles. The second-order valence-electron chi connectivity index (χ2n) is 8.36. The summed E-state index contributed by atoms with van der Waals surface area (Å²) in [5.74, 6) is 0.0285. The Bertz CT molecular complexity index is 1220. The van der Waals surface area contributed by atoms with E-state index in [4.69, 9.17) is 0 Å². The topological polar surface area (TPSA) is 29.3 Å². The van der Waals surface area contributed by atoms with Crippen LogP contribution in [0.25, 0.3) is 16.7 Å². The van der Waals surface area contributed by atoms with Crippen LogP contribution >= 0.6 is 0 Å². The van der Waals surface area contributed by atoms with Gasteiger partial charge in [-0.1, -0.05) is 60.7 Å². The van der Waals surface area contributed by atoms with E-state index in [0.29, 0.717) is 0 Å². The highest BCUT2D eigenvalue weighted by molar-refractivity contribution is 6.04. The number of allylic oxidation sites excluding steroid dienone is 5. The van der Waals surface area contributed by atoms with E-state index in [1.807, 2.05) is 12.1 Å². The quantitative estimate of drug-likeness (QED) is 0.547. The van der Waals surface area contributed by atoms with E-state index in [9.17, 15) is 5.11 Å². The fourth-order valence-electron chi connectivity index (χ4n) is 3.86. The molecule has 0 aliphatic heterocycles. The molecule has 3 heteroatoms. The summed E-state index contributed by atoms with van der Waals surface area (Å²) < 4.78 is 2.11. The Balaban J connectivity index is 1.80. The minimum absolute atomic E-state index is 0.0285. The van der Waals surface area contributed by atoms with Gasteiger partial charge in [0, 0.05) is 31.9 Å². The number of benzene rings is 3. The molecule has 0 atom stereocenters. The molecule has 160 valence electrons. The fraction of sp³-hybridized carbons (Fsp3) is 0.138. The van der Waals surface area contributed by atoms with Crippen molar-refractivity contribution in [2.75, 3.05) is 33.1 Å². The van der Waals surface area contributed by atoms with E-state index in [-0.39, 0.29) is 5.75 Å². The summed E-state index contributed by atoms with van der Waals surface area (Å²) in [4.78, 5) is 2.11. The summed E-state index contributed by atoms with van der Waals surface area (Å²) in [6, 6.07) is 24.2. The van der Waals surface area contributed by atoms with Crippen LogP contribution in [0.1, 0.15) is 11.1 Å². The van der Waals surface area contributed by atoms with Gasteiger partial charge in [-0.25, -0.2) is 4.58 Å². The van der Waals surface area contributed by atoms with Crippen LogP contribution in [0.15, 0.2) is 103 Å². The van der Waals surface area contributed by atoms with Crippen molar-refractivity contribution in [2.45, 2.75) is 0 Å². The highest BCUT2D eigenvalue weighted by atomic mass is 16.3. The number of anilines is 1. The maximum Gasteiger partial charge on any atom is 0.199 e. The maximum absolute atomic E-state index is 11.7. The molecule has 0 radical (unpaired) electrons. The zero-order valence-corrected chi connectivity index (χ0v) is 19.0. The first-order valence-electron chi connectivity index (χ1n) is 10.7. The van der Waals surface area contributed by atoms with Crippen LogP contribution in [0.3, 0.4) is 0 Å². The van der Waals surface area contributed by atoms with Crippen LogP contribution in [0.5, 0.6) is 5.75 Å². The molecular weight excluding hydrogens is 392 g/mol. The highest BCUT2D eigenvalue weighted by Crippen LogP contribution is 2.32. The number of rotatable bonds is 4. The van der Waals surface area contributed by atoms with Gasteiger partial charge in [-0.3, -0.25) is 0 Å². The van der Waals surface area contributed by atoms with Crippen LogP contribution in [0.4, 0.5) is 5.69 Å². The summed E-state index contributed by atoms with van der Waals surface area (Å²) in [5.41, 5.74) is 8.98. The van der Waals surface area contributed by atoms with E-state index in [1.165, 1.54) is 28.1 Å². The summed E-state index contributed by atoms with van der Waals surface area (Å²) in [6.07, 6.45) is 8.66. The van der Waals surface area contributed by atoms with Gasteiger partial charge in [-0.2, -0.15) is 0 Å². The van der Waals surface area contributed by atoms with Gasteiger partial charge in [-0.15, -0.1) is 5.75 Å². The lowest BCUT2D eigenvalue weighted by Crippen LogP contribution is -2.10. The van der Waals surface area contributed by atoms with Crippen molar-refractivity contribution in [3.8, 4) is 16.9 Å². The van der Waals surface area contributed by atoms with Gasteiger partial charge < -0.3 is 10.0 Å². The van der Waals surface area contributed by atoms with Gasteiger partial charge in [0.25, 0.3) is 0 Å². The Hall–Kier alpha value is -3.85. The standard InChI is InChI=1S/C29H28N2O/c1-30(2)26-16-12-23(13-17-26)29(24-14-18-27(19-15-24)31(3)4)22-10-8-21(9-11-22)25-6-5-7-28(32)20-25/h5-20H,1-4H3. The van der Waals surface area contributed by atoms with E-state index < -0.39 is 0 Å². The molecule has 1 aliphatic carbocycles. The monoisotopic (exact) mass is 420 g/mol. The van der Waals surface area contributed by atoms with Gasteiger partial charge in [-0.05, 0) is 57.7 Å². The lowest BCUT2D eigenvalue weighted by atomic mass is 9.89. The second kappa shape index (κ2) is 9.11. The molecule has 0 saturated carbocycles. The summed E-state index contributed by atoms with van der Waals surface area (Å²) >= 11 is 0. The van der Waals surface area contributed by atoms with Crippen molar-refractivity contribution in [1.29, 1.82) is 0 Å². The molecule has 0 N–H and O–H groups in total. The molecule has 0 saturated heterocycles. The fourth-order valence-corrected chi connectivity index (χ4v) is 3.86. The first-order valence-corrected chi connectivity index (χ1v) is 10.7. The maximum atomic E-state index is 11.7. The molecule has 0 aromatic heterocycles. The lowest BCUT2D eigenvalue weighted by Gasteiger charge is -2.17. The smallest absolute Gasteiger partial charge is 0.199 e. The summed E-state index contributed by atoms with van der Waals surface area (Å²) in [5, 5.41) is 11.7. The lowest BCUT2D eigenvalue weighted by molar-refractivity contribution is -0.462. The molecule has 0 heterocycles. The average molecular weight is 421 g/mol. The van der Waals surface area contributed by atoms with Crippen molar-refractivity contribution in [1.82, 2.24) is 0 Å². The minimum Gasteiger partial charge on any atom is -0.872 e. The van der Waals surface area contributed by atoms with Crippen LogP contribution < -0.4 is 10.0 Å². The molecule has 0 bridgehead atoms. The van der Waals surface area contributed by atoms with Gasteiger partial charge in [0.2, 0.25) is 0 Å². The van der Waals surface area contributed by atoms with Crippen LogP contribution in [-0.2, 0) is 0 Å². The van der Waals surface area contributed by atoms with E-state index in [1.54, 1.807) is 12.1 Å². The third-order valence-corrected chi connectivity index (χ3v) is 5.69. The number of hydrogen-bond acceptors (Lipinski definition) is 2. The molecule has 1 aliphatic rings. The third-order valence-electron chi connectivity index (χ3n) is 5.69. The molecule has 0 spiro atoms. The SMILES string of the molecule is CN(C)c1ccc(C(=C2C=CC(=[N+](C)C)C=C2)c2ccc(-c3cccc([O-])c3)cc2)cc1. The van der Waals surface area contributed by atoms with Crippen LogP contribution in [0, 0.1) is 0 Å². The van der Waals surface area contributed by atoms with Crippen molar-refractivity contribution in [2.24, 2.45) is 0 Å². The van der Waals surface area contributed by atoms with Crippen LogP contribution in [0.2, 0.25) is 0 Å². The van der Waals surface area contributed by atoms with Gasteiger partial charge in [0.05, 0.1) is 0 Å². The second-order valence-corrected chi connectivity index (χ2v) is 8.36. The Labute approximate surface area is 190 Å². The molecule has 0 unspecified atom stereocenters. The first-order chi connectivity index (χ1) is 15.4. The Kier molecular flexibility index (Phi) is 6.09. The number of hydrogen-bond donors (Lipinski definition) is 0. The van der Waals surface area contributed by atoms with Gasteiger partial charge >= 0.3 is 0 Å². The molecule has 4 rings (SSSR count). The minimum atomic E-state index is 0.0285. The van der Waals surface area contributed by atoms with Crippen molar-refractivity contribution < 1.29 is 9.68 Å². The first kappa shape index (κ1) is 21.4. The molecule has 0 fully saturated rings. The molecule has 3 aromatic rings. The summed E-state index contributed by atoms with van der Waals surface area (Å²) in [6.45, 7) is 0. The molecule has 3 nitrogen and oxygen atoms in total. The van der Waals surface area contributed by atoms with E-state index >= 15 is 0 Å². The molecule has 0 amide bonds. The molecular formula is C29H28N2O. The molecule has 32 heavy (non-hydrogen) atoms. The summed E-state index contributed by atoms with van der Waals surface area (Å²) in [7, 11) is 8.20.